The van der Waals surface area contributed by atoms with Crippen molar-refractivity contribution in [1.82, 2.24) is 0 Å². The summed E-state index contributed by atoms with van der Waals surface area (Å²) in [5.41, 5.74) is 0.765. The zero-order valence-corrected chi connectivity index (χ0v) is 13.3. The fourth-order valence-electron chi connectivity index (χ4n) is 2.18. The summed E-state index contributed by atoms with van der Waals surface area (Å²) in [6.45, 7) is 3.40. The van der Waals surface area contributed by atoms with Crippen LogP contribution in [0.15, 0.2) is 30.3 Å². The Morgan fingerprint density at radius 3 is 2.04 bits per heavy atom. The molecule has 0 radical (unpaired) electrons. The van der Waals surface area contributed by atoms with E-state index in [-0.39, 0.29) is 26.1 Å². The van der Waals surface area contributed by atoms with Crippen molar-refractivity contribution < 1.29 is 24.0 Å². The smallest absolute Gasteiger partial charge is 0.320 e. The van der Waals surface area contributed by atoms with Crippen molar-refractivity contribution in [3.63, 3.8) is 0 Å². The van der Waals surface area contributed by atoms with Gasteiger partial charge < -0.3 is 9.47 Å². The molecule has 0 bridgehead atoms. The van der Waals surface area contributed by atoms with Crippen LogP contribution in [0.5, 0.6) is 0 Å². The summed E-state index contributed by atoms with van der Waals surface area (Å²) < 4.78 is 9.68. The molecule has 0 fully saturated rings. The lowest BCUT2D eigenvalue weighted by molar-refractivity contribution is -0.523. The highest BCUT2D eigenvalue weighted by Gasteiger charge is 2.36. The van der Waals surface area contributed by atoms with Gasteiger partial charge in [0.2, 0.25) is 6.04 Å². The third-order valence-electron chi connectivity index (χ3n) is 3.26. The minimum Gasteiger partial charge on any atom is -0.465 e. The normalized spacial score (nSPS) is 11.8. The van der Waals surface area contributed by atoms with Crippen LogP contribution in [-0.2, 0) is 25.5 Å². The van der Waals surface area contributed by atoms with E-state index in [0.717, 1.165) is 5.56 Å². The third-order valence-corrected chi connectivity index (χ3v) is 3.26. The third kappa shape index (κ3) is 6.06. The molecule has 23 heavy (non-hydrogen) atoms. The summed E-state index contributed by atoms with van der Waals surface area (Å²) in [6.07, 6.45) is -0.122. The molecule has 0 aromatic heterocycles. The molecule has 126 valence electrons. The topological polar surface area (TPSA) is 95.7 Å². The molecule has 0 saturated carbocycles. The van der Waals surface area contributed by atoms with Crippen LogP contribution in [0.3, 0.4) is 0 Å². The number of rotatable bonds is 9. The highest BCUT2D eigenvalue weighted by atomic mass is 16.6. The molecule has 7 heteroatoms. The summed E-state index contributed by atoms with van der Waals surface area (Å²) in [6, 6.07) is 7.82. The predicted molar refractivity (Wildman–Crippen MR) is 82.3 cm³/mol. The molecule has 1 atom stereocenters. The van der Waals surface area contributed by atoms with Gasteiger partial charge in [-0.15, -0.1) is 0 Å². The van der Waals surface area contributed by atoms with E-state index in [1.807, 2.05) is 6.07 Å². The number of benzene rings is 1. The molecule has 0 aliphatic heterocycles. The average Bonchev–Trinajstić information content (AvgIpc) is 2.52. The molecule has 0 heterocycles. The minimum absolute atomic E-state index is 0.0938. The first-order valence-electron chi connectivity index (χ1n) is 7.50. The van der Waals surface area contributed by atoms with E-state index in [2.05, 4.69) is 0 Å². The Kier molecular flexibility index (Phi) is 7.73. The summed E-state index contributed by atoms with van der Waals surface area (Å²) in [5, 5.41) is 11.3. The SMILES string of the molecule is CCOC(=O)C(CC(Cc1ccccc1)[N+](=O)[O-])C(=O)OCC. The van der Waals surface area contributed by atoms with Gasteiger partial charge in [-0.05, 0) is 19.4 Å². The monoisotopic (exact) mass is 323 g/mol. The molecule has 1 rings (SSSR count). The van der Waals surface area contributed by atoms with Gasteiger partial charge in [-0.3, -0.25) is 19.7 Å². The first kappa shape index (κ1) is 18.6. The molecule has 1 aromatic carbocycles. The van der Waals surface area contributed by atoms with Gasteiger partial charge in [0.25, 0.3) is 0 Å². The molecule has 0 spiro atoms. The van der Waals surface area contributed by atoms with Crippen molar-refractivity contribution >= 4 is 11.9 Å². The van der Waals surface area contributed by atoms with Crippen LogP contribution in [0.4, 0.5) is 0 Å². The predicted octanol–water partition coefficient (Wildman–Crippen LogP) is 2.01. The lowest BCUT2D eigenvalue weighted by Gasteiger charge is -2.16. The molecular formula is C16H21NO6. The van der Waals surface area contributed by atoms with E-state index < -0.39 is 28.8 Å². The Labute approximate surface area is 134 Å². The van der Waals surface area contributed by atoms with Crippen LogP contribution in [-0.4, -0.2) is 36.1 Å². The van der Waals surface area contributed by atoms with Crippen molar-refractivity contribution in [2.24, 2.45) is 5.92 Å². The van der Waals surface area contributed by atoms with Crippen LogP contribution in [0, 0.1) is 16.0 Å². The first-order chi connectivity index (χ1) is 11.0. The van der Waals surface area contributed by atoms with E-state index in [9.17, 15) is 19.7 Å². The second-order valence-corrected chi connectivity index (χ2v) is 4.92. The van der Waals surface area contributed by atoms with Crippen molar-refractivity contribution in [2.75, 3.05) is 13.2 Å². The molecule has 7 nitrogen and oxygen atoms in total. The number of esters is 2. The Balaban J connectivity index is 2.88. The first-order valence-corrected chi connectivity index (χ1v) is 7.50. The fraction of sp³-hybridized carbons (Fsp3) is 0.500. The molecule has 1 unspecified atom stereocenters. The quantitative estimate of drug-likeness (QED) is 0.298. The standard InChI is InChI=1S/C16H21NO6/c1-3-22-15(18)14(16(19)23-4-2)11-13(17(20)21)10-12-8-6-5-7-9-12/h5-9,13-14H,3-4,10-11H2,1-2H3. The summed E-state index contributed by atoms with van der Waals surface area (Å²) in [4.78, 5) is 34.7. The number of nitro groups is 1. The zero-order valence-electron chi connectivity index (χ0n) is 13.3. The van der Waals surface area contributed by atoms with Crippen molar-refractivity contribution in [3.05, 3.63) is 46.0 Å². The second-order valence-electron chi connectivity index (χ2n) is 4.92. The number of carbonyl (C=O) groups excluding carboxylic acids is 2. The van der Waals surface area contributed by atoms with E-state index in [4.69, 9.17) is 9.47 Å². The summed E-state index contributed by atoms with van der Waals surface area (Å²) >= 11 is 0. The van der Waals surface area contributed by atoms with E-state index in [1.165, 1.54) is 0 Å². The maximum atomic E-state index is 11.9. The highest BCUT2D eigenvalue weighted by molar-refractivity contribution is 5.94. The summed E-state index contributed by atoms with van der Waals surface area (Å²) in [5.74, 6) is -2.86. The van der Waals surface area contributed by atoms with Gasteiger partial charge in [0.15, 0.2) is 5.92 Å². The van der Waals surface area contributed by atoms with Crippen molar-refractivity contribution in [3.8, 4) is 0 Å². The molecule has 0 saturated heterocycles. The van der Waals surface area contributed by atoms with E-state index in [1.54, 1.807) is 38.1 Å². The molecule has 0 N–H and O–H groups in total. The maximum Gasteiger partial charge on any atom is 0.320 e. The molecule has 0 amide bonds. The van der Waals surface area contributed by atoms with Gasteiger partial charge in [0, 0.05) is 17.8 Å². The molecule has 0 aliphatic rings. The van der Waals surface area contributed by atoms with Crippen LogP contribution in [0.1, 0.15) is 25.8 Å². The maximum absolute atomic E-state index is 11.9. The van der Waals surface area contributed by atoms with Gasteiger partial charge >= 0.3 is 11.9 Å². The molecule has 1 aromatic rings. The van der Waals surface area contributed by atoms with Gasteiger partial charge in [-0.2, -0.15) is 0 Å². The summed E-state index contributed by atoms with van der Waals surface area (Å²) in [7, 11) is 0. The highest BCUT2D eigenvalue weighted by Crippen LogP contribution is 2.17. The number of nitrogens with zero attached hydrogens (tertiary/aromatic N) is 1. The van der Waals surface area contributed by atoms with E-state index in [0.29, 0.717) is 0 Å². The number of carbonyl (C=O) groups is 2. The largest absolute Gasteiger partial charge is 0.465 e. The van der Waals surface area contributed by atoms with Crippen molar-refractivity contribution in [1.29, 1.82) is 0 Å². The number of hydrogen-bond acceptors (Lipinski definition) is 6. The Hall–Kier alpha value is -2.44. The Morgan fingerprint density at radius 1 is 1.09 bits per heavy atom. The number of hydrogen-bond donors (Lipinski definition) is 0. The molecular weight excluding hydrogens is 302 g/mol. The van der Waals surface area contributed by atoms with Gasteiger partial charge in [0.05, 0.1) is 13.2 Å². The van der Waals surface area contributed by atoms with Crippen LogP contribution < -0.4 is 0 Å². The van der Waals surface area contributed by atoms with Gasteiger partial charge in [-0.1, -0.05) is 30.3 Å². The average molecular weight is 323 g/mol. The van der Waals surface area contributed by atoms with Crippen LogP contribution >= 0.6 is 0 Å². The molecule has 0 aliphatic carbocycles. The van der Waals surface area contributed by atoms with Gasteiger partial charge in [0.1, 0.15) is 0 Å². The van der Waals surface area contributed by atoms with Crippen molar-refractivity contribution in [2.45, 2.75) is 32.7 Å². The Morgan fingerprint density at radius 2 is 1.61 bits per heavy atom. The van der Waals surface area contributed by atoms with Crippen LogP contribution in [0.2, 0.25) is 0 Å². The van der Waals surface area contributed by atoms with E-state index >= 15 is 0 Å². The minimum atomic E-state index is -1.28. The Bertz CT molecular complexity index is 513. The number of ether oxygens (including phenoxy) is 2. The van der Waals surface area contributed by atoms with Gasteiger partial charge in [-0.25, -0.2) is 0 Å². The zero-order chi connectivity index (χ0) is 17.2. The fourth-order valence-corrected chi connectivity index (χ4v) is 2.18. The van der Waals surface area contributed by atoms with Crippen LogP contribution in [0.25, 0.3) is 0 Å². The lowest BCUT2D eigenvalue weighted by Crippen LogP contribution is -2.35. The second kappa shape index (κ2) is 9.55. The lowest BCUT2D eigenvalue weighted by atomic mass is 9.95.